The lowest BCUT2D eigenvalue weighted by Gasteiger charge is -2.29. The van der Waals surface area contributed by atoms with E-state index in [1.54, 1.807) is 12.4 Å². The lowest BCUT2D eigenvalue weighted by Crippen LogP contribution is -2.39. The summed E-state index contributed by atoms with van der Waals surface area (Å²) in [7, 11) is 1.81. The topological polar surface area (TPSA) is 67.3 Å². The molecule has 1 unspecified atom stereocenters. The maximum Gasteiger partial charge on any atom is 0.253 e. The van der Waals surface area contributed by atoms with Gasteiger partial charge in [0, 0.05) is 50.3 Å². The van der Waals surface area contributed by atoms with Crippen LogP contribution in [-0.2, 0) is 4.74 Å². The number of aromatic nitrogens is 2. The van der Waals surface area contributed by atoms with Crippen molar-refractivity contribution in [2.24, 2.45) is 0 Å². The van der Waals surface area contributed by atoms with Gasteiger partial charge in [-0.2, -0.15) is 0 Å². The van der Waals surface area contributed by atoms with Crippen molar-refractivity contribution in [2.45, 2.75) is 32.3 Å². The first kappa shape index (κ1) is 18.3. The molecule has 0 radical (unpaired) electrons. The summed E-state index contributed by atoms with van der Waals surface area (Å²) in [4.78, 5) is 23.6. The van der Waals surface area contributed by atoms with Crippen molar-refractivity contribution in [1.82, 2.24) is 14.9 Å². The number of carbonyl (C=O) groups is 1. The fourth-order valence-corrected chi connectivity index (χ4v) is 3.27. The maximum atomic E-state index is 13.0. The summed E-state index contributed by atoms with van der Waals surface area (Å²) in [6, 6.07) is 7.58. The van der Waals surface area contributed by atoms with Gasteiger partial charge in [-0.25, -0.2) is 4.98 Å². The number of carbonyl (C=O) groups excluding carboxylic acids is 1. The third-order valence-electron chi connectivity index (χ3n) is 4.68. The number of hydrogen-bond donors (Lipinski definition) is 1. The Kier molecular flexibility index (Phi) is 6.17. The van der Waals surface area contributed by atoms with Crippen molar-refractivity contribution in [2.75, 3.05) is 32.1 Å². The van der Waals surface area contributed by atoms with Crippen LogP contribution in [0.4, 0.5) is 5.82 Å². The number of anilines is 1. The monoisotopic (exact) mass is 354 g/mol. The van der Waals surface area contributed by atoms with E-state index in [0.29, 0.717) is 24.5 Å². The van der Waals surface area contributed by atoms with Crippen molar-refractivity contribution in [3.63, 3.8) is 0 Å². The Hall–Kier alpha value is -2.47. The van der Waals surface area contributed by atoms with E-state index in [9.17, 15) is 4.79 Å². The van der Waals surface area contributed by atoms with E-state index in [4.69, 9.17) is 4.74 Å². The average molecular weight is 354 g/mol. The highest BCUT2D eigenvalue weighted by atomic mass is 16.5. The Morgan fingerprint density at radius 2 is 2.15 bits per heavy atom. The zero-order chi connectivity index (χ0) is 18.4. The SMILES string of the molecule is CCN(CC1CCCCO1)C(=O)c1cccc(-c2nccnc2NC)c1. The first-order valence-corrected chi connectivity index (χ1v) is 9.23. The van der Waals surface area contributed by atoms with Crippen LogP contribution in [0.2, 0.25) is 0 Å². The van der Waals surface area contributed by atoms with Crippen molar-refractivity contribution in [3.8, 4) is 11.3 Å². The average Bonchev–Trinajstić information content (AvgIpc) is 2.72. The summed E-state index contributed by atoms with van der Waals surface area (Å²) < 4.78 is 5.80. The highest BCUT2D eigenvalue weighted by molar-refractivity contribution is 5.95. The van der Waals surface area contributed by atoms with Crippen LogP contribution in [0.25, 0.3) is 11.3 Å². The summed E-state index contributed by atoms with van der Waals surface area (Å²) in [6.45, 7) is 4.11. The van der Waals surface area contributed by atoms with Crippen LogP contribution in [0.5, 0.6) is 0 Å². The number of amides is 1. The number of benzene rings is 1. The summed E-state index contributed by atoms with van der Waals surface area (Å²) in [5.41, 5.74) is 2.27. The van der Waals surface area contributed by atoms with Gasteiger partial charge in [-0.15, -0.1) is 0 Å². The maximum absolute atomic E-state index is 13.0. The zero-order valence-corrected chi connectivity index (χ0v) is 15.4. The molecule has 1 aliphatic rings. The van der Waals surface area contributed by atoms with Gasteiger partial charge in [-0.3, -0.25) is 9.78 Å². The predicted molar refractivity (Wildman–Crippen MR) is 102 cm³/mol. The number of hydrogen-bond acceptors (Lipinski definition) is 5. The fourth-order valence-electron chi connectivity index (χ4n) is 3.27. The van der Waals surface area contributed by atoms with Crippen LogP contribution < -0.4 is 5.32 Å². The summed E-state index contributed by atoms with van der Waals surface area (Å²) in [5.74, 6) is 0.721. The molecule has 0 saturated carbocycles. The van der Waals surface area contributed by atoms with Gasteiger partial charge in [-0.05, 0) is 38.3 Å². The van der Waals surface area contributed by atoms with E-state index in [1.807, 2.05) is 43.1 Å². The van der Waals surface area contributed by atoms with Gasteiger partial charge in [0.25, 0.3) is 5.91 Å². The second-order valence-electron chi connectivity index (χ2n) is 6.42. The Morgan fingerprint density at radius 3 is 2.88 bits per heavy atom. The van der Waals surface area contributed by atoms with Gasteiger partial charge < -0.3 is 15.0 Å². The Balaban J connectivity index is 1.80. The van der Waals surface area contributed by atoms with Crippen molar-refractivity contribution >= 4 is 11.7 Å². The molecular weight excluding hydrogens is 328 g/mol. The van der Waals surface area contributed by atoms with E-state index >= 15 is 0 Å². The molecule has 2 heterocycles. The Bertz CT molecular complexity index is 744. The van der Waals surface area contributed by atoms with Crippen molar-refractivity contribution in [1.29, 1.82) is 0 Å². The highest BCUT2D eigenvalue weighted by Gasteiger charge is 2.22. The van der Waals surface area contributed by atoms with Gasteiger partial charge in [0.1, 0.15) is 5.69 Å². The minimum atomic E-state index is 0.0263. The molecule has 0 bridgehead atoms. The van der Waals surface area contributed by atoms with E-state index in [-0.39, 0.29) is 12.0 Å². The Labute approximate surface area is 154 Å². The molecule has 2 aromatic rings. The van der Waals surface area contributed by atoms with Crippen LogP contribution in [0.15, 0.2) is 36.7 Å². The number of nitrogens with zero attached hydrogens (tertiary/aromatic N) is 3. The minimum absolute atomic E-state index is 0.0263. The van der Waals surface area contributed by atoms with Crippen LogP contribution in [-0.4, -0.2) is 53.6 Å². The molecule has 1 atom stereocenters. The second-order valence-corrected chi connectivity index (χ2v) is 6.42. The molecule has 6 nitrogen and oxygen atoms in total. The molecule has 138 valence electrons. The van der Waals surface area contributed by atoms with Crippen LogP contribution in [0.3, 0.4) is 0 Å². The molecule has 1 aromatic heterocycles. The molecule has 0 spiro atoms. The normalized spacial score (nSPS) is 16.9. The van der Waals surface area contributed by atoms with Crippen molar-refractivity contribution < 1.29 is 9.53 Å². The molecule has 0 aliphatic carbocycles. The molecular formula is C20H26N4O2. The van der Waals surface area contributed by atoms with Gasteiger partial charge in [0.2, 0.25) is 0 Å². The lowest BCUT2D eigenvalue weighted by molar-refractivity contribution is -0.00311. The van der Waals surface area contributed by atoms with Crippen LogP contribution in [0.1, 0.15) is 36.5 Å². The lowest BCUT2D eigenvalue weighted by atomic mass is 10.1. The number of ether oxygens (including phenoxy) is 1. The Morgan fingerprint density at radius 1 is 1.31 bits per heavy atom. The zero-order valence-electron chi connectivity index (χ0n) is 15.4. The van der Waals surface area contributed by atoms with E-state index in [1.165, 1.54) is 6.42 Å². The molecule has 1 N–H and O–H groups in total. The first-order valence-electron chi connectivity index (χ1n) is 9.23. The van der Waals surface area contributed by atoms with Gasteiger partial charge >= 0.3 is 0 Å². The number of rotatable bonds is 6. The van der Waals surface area contributed by atoms with E-state index in [2.05, 4.69) is 15.3 Å². The number of likely N-dealkylation sites (N-methyl/N-ethyl adjacent to an activating group) is 1. The van der Waals surface area contributed by atoms with Gasteiger partial charge in [0.05, 0.1) is 6.10 Å². The highest BCUT2D eigenvalue weighted by Crippen LogP contribution is 2.24. The summed E-state index contributed by atoms with van der Waals surface area (Å²) in [6.07, 6.45) is 6.76. The second kappa shape index (κ2) is 8.76. The fraction of sp³-hybridized carbons (Fsp3) is 0.450. The minimum Gasteiger partial charge on any atom is -0.376 e. The molecule has 6 heteroatoms. The van der Waals surface area contributed by atoms with E-state index < -0.39 is 0 Å². The molecule has 26 heavy (non-hydrogen) atoms. The molecule has 1 aliphatic heterocycles. The summed E-state index contributed by atoms with van der Waals surface area (Å²) in [5, 5.41) is 3.05. The largest absolute Gasteiger partial charge is 0.376 e. The molecule has 1 fully saturated rings. The number of nitrogens with one attached hydrogen (secondary N) is 1. The van der Waals surface area contributed by atoms with Crippen molar-refractivity contribution in [3.05, 3.63) is 42.2 Å². The molecule has 1 amide bonds. The van der Waals surface area contributed by atoms with Gasteiger partial charge in [-0.1, -0.05) is 12.1 Å². The molecule has 3 rings (SSSR count). The van der Waals surface area contributed by atoms with Crippen LogP contribution in [0, 0.1) is 0 Å². The summed E-state index contributed by atoms with van der Waals surface area (Å²) >= 11 is 0. The third-order valence-corrected chi connectivity index (χ3v) is 4.68. The van der Waals surface area contributed by atoms with Gasteiger partial charge in [0.15, 0.2) is 5.82 Å². The molecule has 1 saturated heterocycles. The first-order chi connectivity index (χ1) is 12.7. The predicted octanol–water partition coefficient (Wildman–Crippen LogP) is 3.22. The van der Waals surface area contributed by atoms with E-state index in [0.717, 1.165) is 30.7 Å². The quantitative estimate of drug-likeness (QED) is 0.863. The third kappa shape index (κ3) is 4.19. The van der Waals surface area contributed by atoms with Crippen LogP contribution >= 0.6 is 0 Å². The standard InChI is InChI=1S/C20H26N4O2/c1-3-24(14-17-9-4-5-12-26-17)20(25)16-8-6-7-15(13-16)18-19(21-2)23-11-10-22-18/h6-8,10-11,13,17H,3-5,9,12,14H2,1-2H3,(H,21,23). The smallest absolute Gasteiger partial charge is 0.253 e. The molecule has 1 aromatic carbocycles.